The van der Waals surface area contributed by atoms with Gasteiger partial charge in [-0.2, -0.15) is 5.26 Å². The lowest BCUT2D eigenvalue weighted by Gasteiger charge is -2.35. The van der Waals surface area contributed by atoms with E-state index in [4.69, 9.17) is 16.9 Å². The molecule has 0 aromatic heterocycles. The number of nitrogens with zero attached hydrogens (tertiary/aromatic N) is 4. The molecule has 0 spiro atoms. The van der Waals surface area contributed by atoms with Crippen LogP contribution in [0.5, 0.6) is 0 Å². The number of fused-ring (bicyclic) bond motifs is 1. The van der Waals surface area contributed by atoms with E-state index in [9.17, 15) is 14.4 Å². The fourth-order valence-electron chi connectivity index (χ4n) is 4.78. The third kappa shape index (κ3) is 3.68. The van der Waals surface area contributed by atoms with Gasteiger partial charge in [-0.15, -0.1) is 0 Å². The van der Waals surface area contributed by atoms with E-state index in [1.165, 1.54) is 15.9 Å². The molecule has 3 aliphatic rings. The van der Waals surface area contributed by atoms with Crippen molar-refractivity contribution >= 4 is 35.3 Å². The molecule has 2 saturated heterocycles. The van der Waals surface area contributed by atoms with Crippen LogP contribution in [0.4, 0.5) is 15.3 Å². The molecule has 2 aromatic rings. The second-order valence-corrected chi connectivity index (χ2v) is 9.07. The lowest BCUT2D eigenvalue weighted by atomic mass is 10.1. The highest BCUT2D eigenvalue weighted by atomic mass is 35.5. The number of piperazine rings is 1. The first-order valence-corrected chi connectivity index (χ1v) is 11.2. The van der Waals surface area contributed by atoms with E-state index in [0.717, 1.165) is 12.0 Å². The summed E-state index contributed by atoms with van der Waals surface area (Å²) in [5, 5.41) is 12.1. The summed E-state index contributed by atoms with van der Waals surface area (Å²) in [6.45, 7) is 2.50. The average Bonchev–Trinajstić information content (AvgIpc) is 3.57. The highest BCUT2D eigenvalue weighted by Gasteiger charge is 2.56. The van der Waals surface area contributed by atoms with Crippen molar-refractivity contribution in [3.8, 4) is 6.07 Å². The lowest BCUT2D eigenvalue weighted by Crippen LogP contribution is -2.55. The summed E-state index contributed by atoms with van der Waals surface area (Å²) in [5.41, 5.74) is 2.64. The molecular weight excluding hydrogens is 442 g/mol. The van der Waals surface area contributed by atoms with Gasteiger partial charge in [-0.05, 0) is 36.6 Å². The van der Waals surface area contributed by atoms with Crippen LogP contribution in [0.25, 0.3) is 0 Å². The van der Waals surface area contributed by atoms with Gasteiger partial charge in [0.1, 0.15) is 6.04 Å². The highest BCUT2D eigenvalue weighted by molar-refractivity contribution is 6.34. The number of urea groups is 2. The van der Waals surface area contributed by atoms with Crippen LogP contribution in [-0.2, 0) is 4.79 Å². The van der Waals surface area contributed by atoms with E-state index in [1.807, 2.05) is 36.4 Å². The van der Waals surface area contributed by atoms with Crippen molar-refractivity contribution < 1.29 is 14.4 Å². The smallest absolute Gasteiger partial charge is 0.320 e. The van der Waals surface area contributed by atoms with Gasteiger partial charge in [0, 0.05) is 25.0 Å². The van der Waals surface area contributed by atoms with Crippen molar-refractivity contribution in [2.24, 2.45) is 0 Å². The molecule has 168 valence electrons. The Hall–Kier alpha value is -3.57. The van der Waals surface area contributed by atoms with Gasteiger partial charge in [0.05, 0.1) is 28.9 Å². The van der Waals surface area contributed by atoms with Gasteiger partial charge in [-0.1, -0.05) is 41.9 Å². The van der Waals surface area contributed by atoms with Crippen molar-refractivity contribution in [2.45, 2.75) is 31.3 Å². The third-order valence-corrected chi connectivity index (χ3v) is 6.90. The number of aryl methyl sites for hydroxylation is 1. The predicted molar refractivity (Wildman–Crippen MR) is 122 cm³/mol. The molecule has 1 N–H and O–H groups in total. The number of hydrogen-bond acceptors (Lipinski definition) is 4. The van der Waals surface area contributed by atoms with E-state index in [-0.39, 0.29) is 35.5 Å². The molecule has 3 atom stereocenters. The Kier molecular flexibility index (Phi) is 5.22. The van der Waals surface area contributed by atoms with Crippen molar-refractivity contribution in [1.29, 1.82) is 5.26 Å². The fraction of sp³-hybridized carbons (Fsp3) is 0.333. The molecule has 5 amide bonds. The number of hydrogen-bond donors (Lipinski definition) is 1. The number of anilines is 1. The zero-order chi connectivity index (χ0) is 23.3. The van der Waals surface area contributed by atoms with E-state index in [2.05, 4.69) is 5.32 Å². The largest absolute Gasteiger partial charge is 0.327 e. The molecule has 2 aliphatic heterocycles. The zero-order valence-corrected chi connectivity index (χ0v) is 18.7. The fourth-order valence-corrected chi connectivity index (χ4v) is 5.10. The van der Waals surface area contributed by atoms with Crippen molar-refractivity contribution in [3.63, 3.8) is 0 Å². The first-order valence-electron chi connectivity index (χ1n) is 10.8. The van der Waals surface area contributed by atoms with Crippen LogP contribution in [0.2, 0.25) is 5.02 Å². The van der Waals surface area contributed by atoms with Crippen molar-refractivity contribution in [3.05, 3.63) is 64.2 Å². The summed E-state index contributed by atoms with van der Waals surface area (Å²) >= 11 is 6.25. The molecule has 8 nitrogen and oxygen atoms in total. The minimum Gasteiger partial charge on any atom is -0.320 e. The van der Waals surface area contributed by atoms with Crippen molar-refractivity contribution in [1.82, 2.24) is 14.7 Å². The van der Waals surface area contributed by atoms with Crippen molar-refractivity contribution in [2.75, 3.05) is 25.0 Å². The molecule has 9 heteroatoms. The van der Waals surface area contributed by atoms with Crippen LogP contribution in [0.3, 0.4) is 0 Å². The number of carbonyl (C=O) groups excluding carboxylic acids is 3. The lowest BCUT2D eigenvalue weighted by molar-refractivity contribution is -0.129. The highest BCUT2D eigenvalue weighted by Crippen LogP contribution is 2.46. The van der Waals surface area contributed by atoms with Crippen LogP contribution in [0, 0.1) is 18.3 Å². The Morgan fingerprint density at radius 3 is 2.64 bits per heavy atom. The Bertz CT molecular complexity index is 1170. The van der Waals surface area contributed by atoms with E-state index >= 15 is 0 Å². The summed E-state index contributed by atoms with van der Waals surface area (Å²) in [4.78, 5) is 43.6. The number of nitriles is 1. The minimum absolute atomic E-state index is 0.125. The van der Waals surface area contributed by atoms with E-state index in [0.29, 0.717) is 29.9 Å². The monoisotopic (exact) mass is 463 g/mol. The zero-order valence-electron chi connectivity index (χ0n) is 18.0. The first kappa shape index (κ1) is 21.3. The molecule has 0 bridgehead atoms. The molecule has 2 aromatic carbocycles. The molecule has 3 fully saturated rings. The number of imide groups is 1. The molecule has 2 heterocycles. The number of carbonyl (C=O) groups is 3. The number of rotatable bonds is 3. The molecular formula is C24H22ClN5O3. The number of amides is 5. The molecule has 0 radical (unpaired) electrons. The predicted octanol–water partition coefficient (Wildman–Crippen LogP) is 3.56. The van der Waals surface area contributed by atoms with Crippen LogP contribution < -0.4 is 5.32 Å². The van der Waals surface area contributed by atoms with Crippen LogP contribution in [-0.4, -0.2) is 64.4 Å². The second-order valence-electron chi connectivity index (χ2n) is 8.66. The van der Waals surface area contributed by atoms with Gasteiger partial charge < -0.3 is 15.1 Å². The maximum atomic E-state index is 13.2. The molecule has 1 unspecified atom stereocenters. The van der Waals surface area contributed by atoms with Gasteiger partial charge in [-0.3, -0.25) is 9.69 Å². The minimum atomic E-state index is -0.674. The van der Waals surface area contributed by atoms with Gasteiger partial charge in [0.25, 0.3) is 5.91 Å². The Balaban J connectivity index is 1.28. The van der Waals surface area contributed by atoms with Gasteiger partial charge in [0.2, 0.25) is 0 Å². The molecule has 33 heavy (non-hydrogen) atoms. The normalized spacial score (nSPS) is 23.9. The first-order chi connectivity index (χ1) is 15.9. The molecule has 1 aliphatic carbocycles. The molecule has 5 rings (SSSR count). The topological polar surface area (TPSA) is 96.8 Å². The van der Waals surface area contributed by atoms with Crippen LogP contribution in [0.1, 0.15) is 29.0 Å². The number of benzene rings is 2. The average molecular weight is 464 g/mol. The SMILES string of the molecule is Cc1cc(C#N)cc(Cl)c1NC(=O)N1CCN2C(=O)N([C@@H]3C[C@H]3c3ccccc3)C(=O)C2C1. The van der Waals surface area contributed by atoms with Crippen LogP contribution in [0.15, 0.2) is 42.5 Å². The number of nitrogens with one attached hydrogen (secondary N) is 1. The standard InChI is InChI=1S/C24H22ClN5O3/c1-14-9-15(12-26)10-18(25)21(14)27-23(32)28-7-8-29-20(13-28)22(31)30(24(29)33)19-11-17(19)16-5-3-2-4-6-16/h2-6,9-10,17,19-20H,7-8,11,13H2,1H3,(H,27,32)/t17-,19+,20?/m0/s1. The summed E-state index contributed by atoms with van der Waals surface area (Å²) in [7, 11) is 0. The summed E-state index contributed by atoms with van der Waals surface area (Å²) in [6.07, 6.45) is 0.767. The second kappa shape index (κ2) is 8.09. The van der Waals surface area contributed by atoms with E-state index < -0.39 is 12.1 Å². The Morgan fingerprint density at radius 2 is 1.94 bits per heavy atom. The van der Waals surface area contributed by atoms with E-state index in [1.54, 1.807) is 17.9 Å². The Labute approximate surface area is 196 Å². The van der Waals surface area contributed by atoms with Gasteiger partial charge in [0.15, 0.2) is 0 Å². The summed E-state index contributed by atoms with van der Waals surface area (Å²) in [5.74, 6) is -0.0742. The maximum absolute atomic E-state index is 13.2. The van der Waals surface area contributed by atoms with Crippen LogP contribution >= 0.6 is 11.6 Å². The summed E-state index contributed by atoms with van der Waals surface area (Å²) < 4.78 is 0. The molecule has 1 saturated carbocycles. The Morgan fingerprint density at radius 1 is 1.18 bits per heavy atom. The maximum Gasteiger partial charge on any atom is 0.327 e. The summed E-state index contributed by atoms with van der Waals surface area (Å²) in [6, 6.07) is 13.6. The van der Waals surface area contributed by atoms with Gasteiger partial charge >= 0.3 is 12.1 Å². The van der Waals surface area contributed by atoms with Gasteiger partial charge in [-0.25, -0.2) is 9.59 Å². The quantitative estimate of drug-likeness (QED) is 0.704. The third-order valence-electron chi connectivity index (χ3n) is 6.61. The number of halogens is 1.